The Morgan fingerprint density at radius 1 is 1.45 bits per heavy atom. The molecule has 1 aromatic rings. The number of rotatable bonds is 6. The summed E-state index contributed by atoms with van der Waals surface area (Å²) in [4.78, 5) is 4.28. The maximum Gasteiger partial charge on any atom is 0.191 e. The van der Waals surface area contributed by atoms with Crippen molar-refractivity contribution in [2.45, 2.75) is 25.7 Å². The van der Waals surface area contributed by atoms with E-state index in [4.69, 9.17) is 4.74 Å². The van der Waals surface area contributed by atoms with Gasteiger partial charge in [0.2, 0.25) is 0 Å². The van der Waals surface area contributed by atoms with Crippen molar-refractivity contribution < 1.29 is 4.74 Å². The van der Waals surface area contributed by atoms with Crippen LogP contribution in [0.25, 0.3) is 0 Å². The summed E-state index contributed by atoms with van der Waals surface area (Å²) in [5, 5.41) is 11.1. The number of hydrogen-bond donors (Lipinski definition) is 2. The molecule has 2 heterocycles. The van der Waals surface area contributed by atoms with Gasteiger partial charge in [0.25, 0.3) is 0 Å². The predicted octanol–water partition coefficient (Wildman–Crippen LogP) is 3.37. The molecule has 4 nitrogen and oxygen atoms in total. The number of thiophene rings is 1. The summed E-state index contributed by atoms with van der Waals surface area (Å²) in [5.74, 6) is 1.37. The largest absolute Gasteiger partial charge is 0.377 e. The van der Waals surface area contributed by atoms with Crippen molar-refractivity contribution in [1.29, 1.82) is 0 Å². The van der Waals surface area contributed by atoms with Gasteiger partial charge in [-0.05, 0) is 41.1 Å². The first-order valence-electron chi connectivity index (χ1n) is 7.52. The molecule has 1 aliphatic rings. The molecule has 0 bridgehead atoms. The zero-order chi connectivity index (χ0) is 14.9. The quantitative estimate of drug-likeness (QED) is 0.312. The molecular formula is C16H26IN3OS. The second kappa shape index (κ2) is 11.0. The number of aliphatic imine (C=N–C) groups is 1. The van der Waals surface area contributed by atoms with E-state index in [-0.39, 0.29) is 24.0 Å². The Kier molecular flexibility index (Phi) is 9.74. The zero-order valence-electron chi connectivity index (χ0n) is 13.3. The Morgan fingerprint density at radius 2 is 2.32 bits per heavy atom. The average molecular weight is 435 g/mol. The first-order chi connectivity index (χ1) is 10.3. The van der Waals surface area contributed by atoms with Crippen LogP contribution in [0, 0.1) is 0 Å². The molecule has 22 heavy (non-hydrogen) atoms. The molecule has 0 saturated carbocycles. The summed E-state index contributed by atoms with van der Waals surface area (Å²) in [6.07, 6.45) is 4.31. The third kappa shape index (κ3) is 6.66. The van der Waals surface area contributed by atoms with Gasteiger partial charge in [0.05, 0.1) is 13.2 Å². The molecule has 2 N–H and O–H groups in total. The van der Waals surface area contributed by atoms with Crippen molar-refractivity contribution in [3.05, 3.63) is 34.0 Å². The second-order valence-corrected chi connectivity index (χ2v) is 6.05. The van der Waals surface area contributed by atoms with Crippen LogP contribution in [0.1, 0.15) is 31.2 Å². The molecular weight excluding hydrogens is 409 g/mol. The van der Waals surface area contributed by atoms with Gasteiger partial charge in [0, 0.05) is 20.1 Å². The maximum atomic E-state index is 5.32. The number of nitrogens with zero attached hydrogens (tertiary/aromatic N) is 1. The summed E-state index contributed by atoms with van der Waals surface area (Å²) in [6.45, 7) is 5.66. The van der Waals surface area contributed by atoms with Crippen LogP contribution in [0.2, 0.25) is 0 Å². The van der Waals surface area contributed by atoms with Gasteiger partial charge in [-0.25, -0.2) is 0 Å². The highest BCUT2D eigenvalue weighted by Gasteiger charge is 2.07. The SMILES string of the molecule is CN=C(NCCC1=CCOCC1)NCC(C)c1ccsc1.I. The summed E-state index contributed by atoms with van der Waals surface area (Å²) in [7, 11) is 1.82. The third-order valence-electron chi connectivity index (χ3n) is 3.71. The molecule has 0 aliphatic carbocycles. The topological polar surface area (TPSA) is 45.7 Å². The number of halogens is 1. The highest BCUT2D eigenvalue weighted by Crippen LogP contribution is 2.17. The van der Waals surface area contributed by atoms with Crippen molar-refractivity contribution in [2.75, 3.05) is 33.4 Å². The van der Waals surface area contributed by atoms with E-state index in [0.29, 0.717) is 5.92 Å². The van der Waals surface area contributed by atoms with E-state index in [1.165, 1.54) is 11.1 Å². The Balaban J connectivity index is 0.00000242. The summed E-state index contributed by atoms with van der Waals surface area (Å²) in [5.41, 5.74) is 2.87. The monoisotopic (exact) mass is 435 g/mol. The van der Waals surface area contributed by atoms with E-state index in [1.54, 1.807) is 11.3 Å². The fourth-order valence-corrected chi connectivity index (χ4v) is 3.06. The van der Waals surface area contributed by atoms with E-state index in [1.807, 2.05) is 7.05 Å². The van der Waals surface area contributed by atoms with Crippen LogP contribution < -0.4 is 10.6 Å². The molecule has 0 radical (unpaired) electrons. The Bertz CT molecular complexity index is 474. The molecule has 1 aromatic heterocycles. The van der Waals surface area contributed by atoms with Gasteiger partial charge < -0.3 is 15.4 Å². The fraction of sp³-hybridized carbons (Fsp3) is 0.562. The summed E-state index contributed by atoms with van der Waals surface area (Å²) < 4.78 is 5.32. The van der Waals surface area contributed by atoms with Gasteiger partial charge in [0.15, 0.2) is 5.96 Å². The Labute approximate surface area is 154 Å². The van der Waals surface area contributed by atoms with E-state index < -0.39 is 0 Å². The van der Waals surface area contributed by atoms with E-state index in [0.717, 1.165) is 45.1 Å². The minimum Gasteiger partial charge on any atom is -0.377 e. The standard InChI is InChI=1S/C16H25N3OS.HI/c1-13(15-6-10-21-12-15)11-19-16(17-2)18-7-3-14-4-8-20-9-5-14;/h4,6,10,12-13H,3,5,7-9,11H2,1-2H3,(H2,17,18,19);1H. The van der Waals surface area contributed by atoms with Crippen LogP contribution in [-0.4, -0.2) is 39.3 Å². The zero-order valence-corrected chi connectivity index (χ0v) is 16.4. The molecule has 1 unspecified atom stereocenters. The van der Waals surface area contributed by atoms with Gasteiger partial charge in [-0.1, -0.05) is 18.6 Å². The van der Waals surface area contributed by atoms with Gasteiger partial charge >= 0.3 is 0 Å². The summed E-state index contributed by atoms with van der Waals surface area (Å²) in [6, 6.07) is 2.19. The molecule has 124 valence electrons. The normalized spacial score (nSPS) is 16.5. The molecule has 0 spiro atoms. The molecule has 6 heteroatoms. The van der Waals surface area contributed by atoms with Crippen molar-refractivity contribution in [3.8, 4) is 0 Å². The summed E-state index contributed by atoms with van der Waals surface area (Å²) >= 11 is 1.75. The highest BCUT2D eigenvalue weighted by atomic mass is 127. The van der Waals surface area contributed by atoms with Gasteiger partial charge in [-0.3, -0.25) is 4.99 Å². The van der Waals surface area contributed by atoms with Crippen molar-refractivity contribution in [2.24, 2.45) is 4.99 Å². The predicted molar refractivity (Wildman–Crippen MR) is 106 cm³/mol. The van der Waals surface area contributed by atoms with Gasteiger partial charge in [0.1, 0.15) is 0 Å². The van der Waals surface area contributed by atoms with Gasteiger partial charge in [-0.15, -0.1) is 24.0 Å². The van der Waals surface area contributed by atoms with Crippen LogP contribution in [0.15, 0.2) is 33.5 Å². The minimum absolute atomic E-state index is 0. The van der Waals surface area contributed by atoms with Crippen LogP contribution in [0.5, 0.6) is 0 Å². The highest BCUT2D eigenvalue weighted by molar-refractivity contribution is 14.0. The molecule has 0 fully saturated rings. The number of guanidine groups is 1. The number of hydrogen-bond acceptors (Lipinski definition) is 3. The molecule has 0 aromatic carbocycles. The molecule has 0 saturated heterocycles. The average Bonchev–Trinajstić information content (AvgIpc) is 3.06. The van der Waals surface area contributed by atoms with Crippen LogP contribution in [0.4, 0.5) is 0 Å². The van der Waals surface area contributed by atoms with Gasteiger partial charge in [-0.2, -0.15) is 11.3 Å². The lowest BCUT2D eigenvalue weighted by Crippen LogP contribution is -2.39. The smallest absolute Gasteiger partial charge is 0.191 e. The second-order valence-electron chi connectivity index (χ2n) is 5.27. The van der Waals surface area contributed by atoms with E-state index in [9.17, 15) is 0 Å². The van der Waals surface area contributed by atoms with Crippen molar-refractivity contribution in [3.63, 3.8) is 0 Å². The fourth-order valence-electron chi connectivity index (χ4n) is 2.28. The Hall–Kier alpha value is -0.600. The molecule has 0 amide bonds. The lowest BCUT2D eigenvalue weighted by molar-refractivity contribution is 0.153. The lowest BCUT2D eigenvalue weighted by atomic mass is 10.1. The van der Waals surface area contributed by atoms with Crippen LogP contribution >= 0.6 is 35.3 Å². The van der Waals surface area contributed by atoms with Crippen molar-refractivity contribution in [1.82, 2.24) is 10.6 Å². The Morgan fingerprint density at radius 3 is 2.95 bits per heavy atom. The molecule has 2 rings (SSSR count). The first-order valence-corrected chi connectivity index (χ1v) is 8.46. The van der Waals surface area contributed by atoms with E-state index >= 15 is 0 Å². The third-order valence-corrected chi connectivity index (χ3v) is 4.41. The number of nitrogens with one attached hydrogen (secondary N) is 2. The lowest BCUT2D eigenvalue weighted by Gasteiger charge is -2.17. The van der Waals surface area contributed by atoms with Crippen molar-refractivity contribution >= 4 is 41.3 Å². The molecule has 1 aliphatic heterocycles. The van der Waals surface area contributed by atoms with Crippen LogP contribution in [-0.2, 0) is 4.74 Å². The van der Waals surface area contributed by atoms with E-state index in [2.05, 4.69) is 45.5 Å². The van der Waals surface area contributed by atoms with Crippen LogP contribution in [0.3, 0.4) is 0 Å². The maximum absolute atomic E-state index is 5.32. The number of ether oxygens (including phenoxy) is 1. The first kappa shape index (κ1) is 19.4. The minimum atomic E-state index is 0. The molecule has 1 atom stereocenters.